The number of fused-ring (bicyclic) bond motifs is 1. The van der Waals surface area contributed by atoms with Gasteiger partial charge in [-0.2, -0.15) is 0 Å². The Labute approximate surface area is 113 Å². The molecule has 0 atom stereocenters. The molecule has 0 spiro atoms. The van der Waals surface area contributed by atoms with Crippen LogP contribution in [-0.4, -0.2) is 5.91 Å². The smallest absolute Gasteiger partial charge is 0.284 e. The number of aryl methyl sites for hydroxylation is 2. The first-order valence-electron chi connectivity index (χ1n) is 6.60. The maximum Gasteiger partial charge on any atom is 0.284 e. The summed E-state index contributed by atoms with van der Waals surface area (Å²) >= 11 is 0. The van der Waals surface area contributed by atoms with Gasteiger partial charge in [-0.1, -0.05) is 32.9 Å². The van der Waals surface area contributed by atoms with Crippen LogP contribution in [0.15, 0.2) is 22.6 Å². The Balaban J connectivity index is 2.47. The third-order valence-corrected chi connectivity index (χ3v) is 3.41. The molecule has 0 saturated heterocycles. The minimum Gasteiger partial charge on any atom is -0.451 e. The molecule has 0 aliphatic heterocycles. The second kappa shape index (κ2) is 4.72. The lowest BCUT2D eigenvalue weighted by Crippen LogP contribution is -2.11. The molecule has 2 aromatic rings. The van der Waals surface area contributed by atoms with E-state index in [-0.39, 0.29) is 11.2 Å². The number of carbonyl (C=O) groups excluding carboxylic acids is 1. The maximum atomic E-state index is 11.3. The number of hydrogen-bond acceptors (Lipinski definition) is 2. The van der Waals surface area contributed by atoms with Gasteiger partial charge < -0.3 is 10.2 Å². The van der Waals surface area contributed by atoms with Gasteiger partial charge in [0.15, 0.2) is 5.76 Å². The van der Waals surface area contributed by atoms with Crippen LogP contribution in [0.3, 0.4) is 0 Å². The molecule has 0 saturated carbocycles. The number of nitrogens with two attached hydrogens (primary N) is 1. The first kappa shape index (κ1) is 13.7. The van der Waals surface area contributed by atoms with Crippen LogP contribution in [0.2, 0.25) is 0 Å². The van der Waals surface area contributed by atoms with Crippen molar-refractivity contribution in [1.29, 1.82) is 0 Å². The summed E-state index contributed by atoms with van der Waals surface area (Å²) in [6, 6.07) is 5.95. The van der Waals surface area contributed by atoms with Gasteiger partial charge in [-0.25, -0.2) is 0 Å². The Hall–Kier alpha value is -1.77. The van der Waals surface area contributed by atoms with E-state index in [0.717, 1.165) is 29.4 Å². The van der Waals surface area contributed by atoms with E-state index in [9.17, 15) is 4.79 Å². The van der Waals surface area contributed by atoms with Crippen LogP contribution < -0.4 is 5.73 Å². The zero-order valence-corrected chi connectivity index (χ0v) is 12.0. The van der Waals surface area contributed by atoms with Crippen molar-refractivity contribution in [2.24, 2.45) is 11.1 Å². The average Bonchev–Trinajstić information content (AvgIpc) is 2.64. The minimum atomic E-state index is -0.504. The Morgan fingerprint density at radius 1 is 1.32 bits per heavy atom. The molecule has 0 bridgehead atoms. The molecule has 0 fully saturated rings. The summed E-state index contributed by atoms with van der Waals surface area (Å²) in [6.07, 6.45) is 2.06. The summed E-state index contributed by atoms with van der Waals surface area (Å²) in [5, 5.41) is 1.04. The highest BCUT2D eigenvalue weighted by Gasteiger charge is 2.18. The van der Waals surface area contributed by atoms with Crippen molar-refractivity contribution < 1.29 is 9.21 Å². The van der Waals surface area contributed by atoms with Crippen molar-refractivity contribution in [2.45, 2.75) is 40.5 Å². The SMILES string of the molecule is Cc1c(C(N)=O)oc2cccc(CCC(C)(C)C)c12. The van der Waals surface area contributed by atoms with Crippen molar-refractivity contribution in [3.05, 3.63) is 35.1 Å². The molecule has 0 unspecified atom stereocenters. The monoisotopic (exact) mass is 259 g/mol. The van der Waals surface area contributed by atoms with Crippen molar-refractivity contribution >= 4 is 16.9 Å². The Kier molecular flexibility index (Phi) is 3.40. The molecule has 3 nitrogen and oxygen atoms in total. The predicted molar refractivity (Wildman–Crippen MR) is 77.2 cm³/mol. The van der Waals surface area contributed by atoms with Crippen molar-refractivity contribution in [1.82, 2.24) is 0 Å². The summed E-state index contributed by atoms with van der Waals surface area (Å²) < 4.78 is 5.56. The van der Waals surface area contributed by atoms with E-state index < -0.39 is 5.91 Å². The van der Waals surface area contributed by atoms with Crippen LogP contribution in [0.1, 0.15) is 48.9 Å². The number of carbonyl (C=O) groups is 1. The van der Waals surface area contributed by atoms with Crippen LogP contribution in [-0.2, 0) is 6.42 Å². The Bertz CT molecular complexity index is 617. The standard InChI is InChI=1S/C16H21NO2/c1-10-13-11(8-9-16(2,3)4)6-5-7-12(13)19-14(10)15(17)18/h5-7H,8-9H2,1-4H3,(H2,17,18). The molecular formula is C16H21NO2. The van der Waals surface area contributed by atoms with Crippen LogP contribution in [0, 0.1) is 12.3 Å². The fourth-order valence-electron chi connectivity index (χ4n) is 2.34. The second-order valence-electron chi connectivity index (χ2n) is 6.27. The largest absolute Gasteiger partial charge is 0.451 e. The quantitative estimate of drug-likeness (QED) is 0.911. The van der Waals surface area contributed by atoms with E-state index in [1.807, 2.05) is 19.1 Å². The van der Waals surface area contributed by atoms with Gasteiger partial charge in [0.2, 0.25) is 0 Å². The summed E-state index contributed by atoms with van der Waals surface area (Å²) in [7, 11) is 0. The lowest BCUT2D eigenvalue weighted by Gasteiger charge is -2.18. The lowest BCUT2D eigenvalue weighted by atomic mass is 9.87. The molecule has 1 heterocycles. The van der Waals surface area contributed by atoms with Gasteiger partial charge in [-0.15, -0.1) is 0 Å². The molecule has 0 radical (unpaired) electrons. The highest BCUT2D eigenvalue weighted by molar-refractivity contribution is 5.99. The first-order valence-corrected chi connectivity index (χ1v) is 6.60. The van der Waals surface area contributed by atoms with Gasteiger partial charge in [-0.3, -0.25) is 4.79 Å². The topological polar surface area (TPSA) is 56.2 Å². The van der Waals surface area contributed by atoms with Gasteiger partial charge >= 0.3 is 0 Å². The zero-order chi connectivity index (χ0) is 14.2. The number of furan rings is 1. The molecule has 2 rings (SSSR count). The summed E-state index contributed by atoms with van der Waals surface area (Å²) in [5.74, 6) is -0.228. The van der Waals surface area contributed by atoms with Gasteiger partial charge in [0, 0.05) is 10.9 Å². The molecule has 3 heteroatoms. The number of hydrogen-bond donors (Lipinski definition) is 1. The fraction of sp³-hybridized carbons (Fsp3) is 0.438. The molecule has 19 heavy (non-hydrogen) atoms. The molecule has 1 amide bonds. The third-order valence-electron chi connectivity index (χ3n) is 3.41. The van der Waals surface area contributed by atoms with Gasteiger partial charge in [0.1, 0.15) is 5.58 Å². The highest BCUT2D eigenvalue weighted by atomic mass is 16.3. The van der Waals surface area contributed by atoms with Gasteiger partial charge in [0.05, 0.1) is 0 Å². The number of rotatable bonds is 3. The second-order valence-corrected chi connectivity index (χ2v) is 6.27. The van der Waals surface area contributed by atoms with Gasteiger partial charge in [-0.05, 0) is 36.8 Å². The van der Waals surface area contributed by atoms with E-state index in [0.29, 0.717) is 0 Å². The van der Waals surface area contributed by atoms with Crippen LogP contribution >= 0.6 is 0 Å². The molecule has 1 aromatic heterocycles. The Morgan fingerprint density at radius 2 is 2.00 bits per heavy atom. The summed E-state index contributed by atoms with van der Waals surface area (Å²) in [5.41, 5.74) is 8.45. The molecule has 102 valence electrons. The van der Waals surface area contributed by atoms with Crippen LogP contribution in [0.4, 0.5) is 0 Å². The number of amides is 1. The van der Waals surface area contributed by atoms with Crippen molar-refractivity contribution in [3.8, 4) is 0 Å². The molecule has 0 aliphatic carbocycles. The van der Waals surface area contributed by atoms with Crippen LogP contribution in [0.25, 0.3) is 11.0 Å². The van der Waals surface area contributed by atoms with E-state index in [1.54, 1.807) is 0 Å². The number of primary amides is 1. The fourth-order valence-corrected chi connectivity index (χ4v) is 2.34. The van der Waals surface area contributed by atoms with E-state index >= 15 is 0 Å². The van der Waals surface area contributed by atoms with Crippen molar-refractivity contribution in [2.75, 3.05) is 0 Å². The summed E-state index contributed by atoms with van der Waals surface area (Å²) in [6.45, 7) is 8.57. The van der Waals surface area contributed by atoms with Crippen molar-refractivity contribution in [3.63, 3.8) is 0 Å². The maximum absolute atomic E-state index is 11.3. The normalized spacial score (nSPS) is 12.0. The van der Waals surface area contributed by atoms with E-state index in [2.05, 4.69) is 26.8 Å². The summed E-state index contributed by atoms with van der Waals surface area (Å²) in [4.78, 5) is 11.3. The first-order chi connectivity index (χ1) is 8.79. The third kappa shape index (κ3) is 2.80. The molecular weight excluding hydrogens is 238 g/mol. The predicted octanol–water partition coefficient (Wildman–Crippen LogP) is 3.82. The van der Waals surface area contributed by atoms with E-state index in [4.69, 9.17) is 10.2 Å². The lowest BCUT2D eigenvalue weighted by molar-refractivity contribution is 0.0975. The number of benzene rings is 1. The minimum absolute atomic E-state index is 0.276. The Morgan fingerprint density at radius 3 is 2.58 bits per heavy atom. The highest BCUT2D eigenvalue weighted by Crippen LogP contribution is 2.31. The molecule has 0 aliphatic rings. The molecule has 1 aromatic carbocycles. The van der Waals surface area contributed by atoms with Gasteiger partial charge in [0.25, 0.3) is 5.91 Å². The zero-order valence-electron chi connectivity index (χ0n) is 12.0. The average molecular weight is 259 g/mol. The molecule has 2 N–H and O–H groups in total. The van der Waals surface area contributed by atoms with Crippen LogP contribution in [0.5, 0.6) is 0 Å². The van der Waals surface area contributed by atoms with E-state index in [1.165, 1.54) is 5.56 Å².